The number of hydrogen-bond acceptors (Lipinski definition) is 1. The van der Waals surface area contributed by atoms with Gasteiger partial charge >= 0.3 is 0 Å². The van der Waals surface area contributed by atoms with Crippen molar-refractivity contribution in [2.75, 3.05) is 0 Å². The first-order chi connectivity index (χ1) is 11.3. The molecule has 1 aliphatic heterocycles. The standard InChI is InChI=1S/C20H27N.C2H6/c1-2-20-19-12-18(15-9-10-15)16(11-17(19)13-21-20)8-7-14-5-3-4-6-14;1-2/h11-12,14-15H,2-10,13H2,1H3;1-2H3. The lowest BCUT2D eigenvalue weighted by molar-refractivity contribution is 0.503. The summed E-state index contributed by atoms with van der Waals surface area (Å²) in [4.78, 5) is 4.74. The van der Waals surface area contributed by atoms with E-state index in [1.807, 2.05) is 13.8 Å². The Bertz CT molecular complexity index is 560. The zero-order valence-corrected chi connectivity index (χ0v) is 15.3. The molecule has 0 N–H and O–H groups in total. The minimum absolute atomic E-state index is 0.868. The van der Waals surface area contributed by atoms with Gasteiger partial charge in [-0.3, -0.25) is 4.99 Å². The van der Waals surface area contributed by atoms with Crippen molar-refractivity contribution in [3.63, 3.8) is 0 Å². The van der Waals surface area contributed by atoms with E-state index in [1.54, 1.807) is 11.1 Å². The molecular formula is C22H33N. The molecule has 1 aromatic carbocycles. The van der Waals surface area contributed by atoms with Crippen molar-refractivity contribution < 1.29 is 0 Å². The van der Waals surface area contributed by atoms with Crippen LogP contribution in [0.25, 0.3) is 0 Å². The van der Waals surface area contributed by atoms with Crippen molar-refractivity contribution >= 4 is 5.71 Å². The molecule has 1 aromatic rings. The highest BCUT2D eigenvalue weighted by Gasteiger charge is 2.28. The van der Waals surface area contributed by atoms with E-state index < -0.39 is 0 Å². The smallest absolute Gasteiger partial charge is 0.0649 e. The molecule has 126 valence electrons. The molecule has 0 bridgehead atoms. The lowest BCUT2D eigenvalue weighted by Gasteiger charge is -2.15. The molecule has 0 amide bonds. The van der Waals surface area contributed by atoms with Gasteiger partial charge in [0.05, 0.1) is 6.54 Å². The molecule has 1 nitrogen and oxygen atoms in total. The molecular weight excluding hydrogens is 278 g/mol. The van der Waals surface area contributed by atoms with Crippen LogP contribution in [0.5, 0.6) is 0 Å². The largest absolute Gasteiger partial charge is 0.284 e. The number of nitrogens with zero attached hydrogens (tertiary/aromatic N) is 1. The summed E-state index contributed by atoms with van der Waals surface area (Å²) in [6.45, 7) is 7.17. The highest BCUT2D eigenvalue weighted by Crippen LogP contribution is 2.44. The van der Waals surface area contributed by atoms with Gasteiger partial charge in [-0.25, -0.2) is 0 Å². The fourth-order valence-corrected chi connectivity index (χ4v) is 4.33. The maximum Gasteiger partial charge on any atom is 0.0649 e. The van der Waals surface area contributed by atoms with Crippen LogP contribution in [-0.2, 0) is 13.0 Å². The van der Waals surface area contributed by atoms with Gasteiger partial charge in [0.15, 0.2) is 0 Å². The summed E-state index contributed by atoms with van der Waals surface area (Å²) in [6, 6.07) is 5.04. The van der Waals surface area contributed by atoms with Crippen molar-refractivity contribution in [1.82, 2.24) is 0 Å². The molecule has 0 saturated heterocycles. The second kappa shape index (κ2) is 7.64. The maximum absolute atomic E-state index is 4.74. The fraction of sp³-hybridized carbons (Fsp3) is 0.682. The Labute approximate surface area is 142 Å². The van der Waals surface area contributed by atoms with E-state index in [4.69, 9.17) is 4.99 Å². The average Bonchev–Trinajstić information content (AvgIpc) is 3.16. The molecule has 0 spiro atoms. The molecule has 2 aliphatic carbocycles. The van der Waals surface area contributed by atoms with Crippen LogP contribution in [-0.4, -0.2) is 5.71 Å². The van der Waals surface area contributed by atoms with Gasteiger partial charge in [0.1, 0.15) is 0 Å². The summed E-state index contributed by atoms with van der Waals surface area (Å²) in [5, 5.41) is 0. The Kier molecular flexibility index (Phi) is 5.56. The van der Waals surface area contributed by atoms with Gasteiger partial charge in [-0.1, -0.05) is 52.5 Å². The summed E-state index contributed by atoms with van der Waals surface area (Å²) >= 11 is 0. The van der Waals surface area contributed by atoms with Crippen LogP contribution in [0.3, 0.4) is 0 Å². The Morgan fingerprint density at radius 3 is 2.43 bits per heavy atom. The third kappa shape index (κ3) is 3.70. The van der Waals surface area contributed by atoms with Crippen molar-refractivity contribution in [1.29, 1.82) is 0 Å². The Balaban J connectivity index is 0.000000753. The van der Waals surface area contributed by atoms with E-state index in [-0.39, 0.29) is 0 Å². The molecule has 0 unspecified atom stereocenters. The molecule has 2 fully saturated rings. The molecule has 23 heavy (non-hydrogen) atoms. The van der Waals surface area contributed by atoms with E-state index in [9.17, 15) is 0 Å². The molecule has 4 rings (SSSR count). The second-order valence-electron chi connectivity index (χ2n) is 7.29. The molecule has 3 aliphatic rings. The maximum atomic E-state index is 4.74. The third-order valence-electron chi connectivity index (χ3n) is 5.76. The van der Waals surface area contributed by atoms with Gasteiger partial charge in [0.25, 0.3) is 0 Å². The van der Waals surface area contributed by atoms with Gasteiger partial charge in [-0.05, 0) is 66.7 Å². The molecule has 0 atom stereocenters. The summed E-state index contributed by atoms with van der Waals surface area (Å²) in [5.41, 5.74) is 7.65. The summed E-state index contributed by atoms with van der Waals surface area (Å²) in [7, 11) is 0. The highest BCUT2D eigenvalue weighted by atomic mass is 14.8. The van der Waals surface area contributed by atoms with E-state index in [0.717, 1.165) is 24.8 Å². The van der Waals surface area contributed by atoms with E-state index in [1.165, 1.54) is 68.2 Å². The van der Waals surface area contributed by atoms with E-state index >= 15 is 0 Å². The van der Waals surface area contributed by atoms with E-state index in [0.29, 0.717) is 0 Å². The van der Waals surface area contributed by atoms with Crippen LogP contribution < -0.4 is 0 Å². The van der Waals surface area contributed by atoms with Crippen LogP contribution in [0.15, 0.2) is 17.1 Å². The number of rotatable bonds is 5. The molecule has 0 aromatic heterocycles. The summed E-state index contributed by atoms with van der Waals surface area (Å²) in [5.74, 6) is 1.88. The van der Waals surface area contributed by atoms with Crippen LogP contribution in [0.4, 0.5) is 0 Å². The van der Waals surface area contributed by atoms with Crippen LogP contribution in [0, 0.1) is 5.92 Å². The minimum Gasteiger partial charge on any atom is -0.284 e. The van der Waals surface area contributed by atoms with Gasteiger partial charge in [0.2, 0.25) is 0 Å². The number of aliphatic imine (C=N–C) groups is 1. The van der Waals surface area contributed by atoms with Crippen molar-refractivity contribution in [2.45, 2.75) is 91.0 Å². The zero-order valence-electron chi connectivity index (χ0n) is 15.3. The van der Waals surface area contributed by atoms with Gasteiger partial charge in [-0.2, -0.15) is 0 Å². The lowest BCUT2D eigenvalue weighted by atomic mass is 9.89. The van der Waals surface area contributed by atoms with Crippen molar-refractivity contribution in [3.05, 3.63) is 34.4 Å². The predicted molar refractivity (Wildman–Crippen MR) is 101 cm³/mol. The summed E-state index contributed by atoms with van der Waals surface area (Å²) in [6.07, 6.45) is 12.5. The minimum atomic E-state index is 0.868. The Morgan fingerprint density at radius 2 is 1.78 bits per heavy atom. The molecule has 0 radical (unpaired) electrons. The van der Waals surface area contributed by atoms with Crippen molar-refractivity contribution in [2.24, 2.45) is 10.9 Å². The average molecular weight is 312 g/mol. The Morgan fingerprint density at radius 1 is 1.04 bits per heavy atom. The third-order valence-corrected chi connectivity index (χ3v) is 5.76. The van der Waals surface area contributed by atoms with E-state index in [2.05, 4.69) is 19.1 Å². The SMILES string of the molecule is CC.CCC1=NCc2cc(CCC3CCCC3)c(C3CC3)cc21. The topological polar surface area (TPSA) is 12.4 Å². The number of aryl methyl sites for hydroxylation is 1. The molecule has 1 heteroatoms. The summed E-state index contributed by atoms with van der Waals surface area (Å²) < 4.78 is 0. The molecule has 2 saturated carbocycles. The van der Waals surface area contributed by atoms with Gasteiger partial charge < -0.3 is 0 Å². The van der Waals surface area contributed by atoms with Crippen LogP contribution in [0.2, 0.25) is 0 Å². The first-order valence-electron chi connectivity index (χ1n) is 10.0. The first kappa shape index (κ1) is 16.7. The monoisotopic (exact) mass is 311 g/mol. The Hall–Kier alpha value is -1.11. The zero-order chi connectivity index (χ0) is 16.2. The molecule has 1 heterocycles. The number of hydrogen-bond donors (Lipinski definition) is 0. The first-order valence-corrected chi connectivity index (χ1v) is 10.0. The predicted octanol–water partition coefficient (Wildman–Crippen LogP) is 6.43. The van der Waals surface area contributed by atoms with Crippen LogP contribution in [0.1, 0.15) is 100 Å². The lowest BCUT2D eigenvalue weighted by Crippen LogP contribution is -2.03. The van der Waals surface area contributed by atoms with Crippen molar-refractivity contribution in [3.8, 4) is 0 Å². The van der Waals surface area contributed by atoms with Crippen LogP contribution >= 0.6 is 0 Å². The van der Waals surface area contributed by atoms with Gasteiger partial charge in [0, 0.05) is 11.3 Å². The highest BCUT2D eigenvalue weighted by molar-refractivity contribution is 6.03. The quantitative estimate of drug-likeness (QED) is 0.594. The normalized spacial score (nSPS) is 20.0. The fourth-order valence-electron chi connectivity index (χ4n) is 4.33. The number of fused-ring (bicyclic) bond motifs is 1. The number of benzene rings is 1. The van der Waals surface area contributed by atoms with Gasteiger partial charge in [-0.15, -0.1) is 0 Å². The second-order valence-corrected chi connectivity index (χ2v) is 7.29.